The Hall–Kier alpha value is -1.94. The summed E-state index contributed by atoms with van der Waals surface area (Å²) < 4.78 is 68.2. The minimum Gasteiger partial charge on any atom is -0.462 e. The Bertz CT molecular complexity index is 1820. The van der Waals surface area contributed by atoms with E-state index in [1.54, 1.807) is 0 Å². The van der Waals surface area contributed by atoms with Gasteiger partial charge in [0.25, 0.3) is 0 Å². The molecule has 0 aromatic carbocycles. The number of carbonyl (C=O) groups is 4. The molecule has 0 rings (SSSR count). The molecule has 2 unspecified atom stereocenters. The molecule has 0 aliphatic rings. The summed E-state index contributed by atoms with van der Waals surface area (Å²) in [5.41, 5.74) is 0. The molecule has 0 aliphatic carbocycles. The predicted molar refractivity (Wildman–Crippen MR) is 386 cm³/mol. The number of phosphoric acid groups is 2. The second-order valence-corrected chi connectivity index (χ2v) is 30.8. The normalized spacial score (nSPS) is 13.9. The van der Waals surface area contributed by atoms with Crippen LogP contribution in [-0.2, 0) is 65.4 Å². The molecule has 3 N–H and O–H groups in total. The van der Waals surface area contributed by atoms with Gasteiger partial charge >= 0.3 is 39.5 Å². The molecule has 0 spiro atoms. The Labute approximate surface area is 581 Å². The van der Waals surface area contributed by atoms with Crippen molar-refractivity contribution in [1.82, 2.24) is 0 Å². The lowest BCUT2D eigenvalue weighted by molar-refractivity contribution is -0.161. The number of aliphatic hydroxyl groups is 1. The fourth-order valence-corrected chi connectivity index (χ4v) is 13.3. The van der Waals surface area contributed by atoms with Crippen molar-refractivity contribution in [2.45, 2.75) is 419 Å². The maximum Gasteiger partial charge on any atom is 0.472 e. The molecule has 0 aromatic heterocycles. The third kappa shape index (κ3) is 70.3. The van der Waals surface area contributed by atoms with Crippen molar-refractivity contribution in [1.29, 1.82) is 0 Å². The van der Waals surface area contributed by atoms with Crippen LogP contribution >= 0.6 is 15.6 Å². The minimum atomic E-state index is -4.95. The predicted octanol–water partition coefficient (Wildman–Crippen LogP) is 22.5. The van der Waals surface area contributed by atoms with E-state index >= 15 is 0 Å². The molecule has 19 heteroatoms. The van der Waals surface area contributed by atoms with Crippen LogP contribution in [0.4, 0.5) is 0 Å². The molecular weight excluding hydrogens is 1250 g/mol. The smallest absolute Gasteiger partial charge is 0.462 e. The monoisotopic (exact) mass is 1400 g/mol. The fourth-order valence-electron chi connectivity index (χ4n) is 11.7. The highest BCUT2D eigenvalue weighted by Gasteiger charge is 2.30. The molecule has 0 saturated carbocycles. The number of rotatable bonds is 76. The van der Waals surface area contributed by atoms with Gasteiger partial charge in [0.2, 0.25) is 0 Å². The Morgan fingerprint density at radius 2 is 0.484 bits per heavy atom. The van der Waals surface area contributed by atoms with Crippen molar-refractivity contribution in [2.75, 3.05) is 39.6 Å². The summed E-state index contributed by atoms with van der Waals surface area (Å²) in [6.45, 7) is 7.22. The van der Waals surface area contributed by atoms with Gasteiger partial charge in [-0.25, -0.2) is 9.13 Å². The van der Waals surface area contributed by atoms with E-state index in [1.807, 2.05) is 0 Å². The summed E-state index contributed by atoms with van der Waals surface area (Å²) >= 11 is 0. The zero-order valence-corrected chi connectivity index (χ0v) is 63.6. The average molecular weight is 1400 g/mol. The first-order valence-corrected chi connectivity index (χ1v) is 42.6. The van der Waals surface area contributed by atoms with Crippen molar-refractivity contribution < 1.29 is 80.2 Å². The Balaban J connectivity index is 5.10. The summed E-state index contributed by atoms with van der Waals surface area (Å²) in [5.74, 6) is -1.33. The lowest BCUT2D eigenvalue weighted by atomic mass is 10.0. The van der Waals surface area contributed by atoms with E-state index in [-0.39, 0.29) is 25.7 Å². The molecule has 5 atom stereocenters. The van der Waals surface area contributed by atoms with Crippen molar-refractivity contribution in [3.8, 4) is 0 Å². The second-order valence-electron chi connectivity index (χ2n) is 27.9. The summed E-state index contributed by atoms with van der Waals surface area (Å²) in [5, 5.41) is 10.6. The molecule has 0 aromatic rings. The van der Waals surface area contributed by atoms with E-state index < -0.39 is 97.5 Å². The molecule has 564 valence electrons. The lowest BCUT2D eigenvalue weighted by Crippen LogP contribution is -2.30. The second kappa shape index (κ2) is 69.2. The SMILES string of the molecule is CCCCCCCCCCCCCCCCCCCCCCCCC(=O)O[C@H](COC(=O)CCCCCCCCCCCCCCCCC(C)C)COP(=O)(O)OC[C@@H](O)COP(=O)(O)OC[C@@H](COC(=O)CCCCCCC)OC(=O)CCCCCCCCCCCCC. The maximum atomic E-state index is 13.1. The summed E-state index contributed by atoms with van der Waals surface area (Å²) in [6, 6.07) is 0. The number of carbonyl (C=O) groups excluding carboxylic acids is 4. The van der Waals surface area contributed by atoms with Crippen LogP contribution in [-0.4, -0.2) is 96.7 Å². The summed E-state index contributed by atoms with van der Waals surface area (Å²) in [6.07, 6.45) is 58.8. The number of ether oxygens (including phenoxy) is 4. The Morgan fingerprint density at radius 3 is 0.716 bits per heavy atom. The van der Waals surface area contributed by atoms with Crippen LogP contribution in [0.1, 0.15) is 401 Å². The van der Waals surface area contributed by atoms with Gasteiger partial charge in [0.05, 0.1) is 26.4 Å². The van der Waals surface area contributed by atoms with Crippen LogP contribution in [0.25, 0.3) is 0 Å². The molecule has 0 aliphatic heterocycles. The van der Waals surface area contributed by atoms with E-state index in [4.69, 9.17) is 37.0 Å². The van der Waals surface area contributed by atoms with E-state index in [2.05, 4.69) is 34.6 Å². The van der Waals surface area contributed by atoms with E-state index in [0.717, 1.165) is 102 Å². The van der Waals surface area contributed by atoms with Crippen molar-refractivity contribution in [2.24, 2.45) is 5.92 Å². The number of hydrogen-bond donors (Lipinski definition) is 3. The molecular formula is C76H148O17P2. The highest BCUT2D eigenvalue weighted by atomic mass is 31.2. The van der Waals surface area contributed by atoms with Gasteiger partial charge in [-0.15, -0.1) is 0 Å². The third-order valence-corrected chi connectivity index (χ3v) is 19.7. The molecule has 0 radical (unpaired) electrons. The molecule has 0 fully saturated rings. The Kier molecular flexibility index (Phi) is 67.7. The number of unbranched alkanes of at least 4 members (excludes halogenated alkanes) is 48. The van der Waals surface area contributed by atoms with Crippen molar-refractivity contribution in [3.05, 3.63) is 0 Å². The molecule has 17 nitrogen and oxygen atoms in total. The van der Waals surface area contributed by atoms with Crippen molar-refractivity contribution in [3.63, 3.8) is 0 Å². The van der Waals surface area contributed by atoms with Crippen LogP contribution in [0.3, 0.4) is 0 Å². The molecule has 0 saturated heterocycles. The highest BCUT2D eigenvalue weighted by molar-refractivity contribution is 7.47. The van der Waals surface area contributed by atoms with Gasteiger partial charge in [-0.1, -0.05) is 349 Å². The lowest BCUT2D eigenvalue weighted by Gasteiger charge is -2.21. The van der Waals surface area contributed by atoms with Crippen LogP contribution in [0.5, 0.6) is 0 Å². The molecule has 0 amide bonds. The van der Waals surface area contributed by atoms with Gasteiger partial charge < -0.3 is 33.8 Å². The molecule has 95 heavy (non-hydrogen) atoms. The van der Waals surface area contributed by atoms with Gasteiger partial charge in [0.15, 0.2) is 12.2 Å². The quantitative estimate of drug-likeness (QED) is 0.0222. The average Bonchev–Trinajstić information content (AvgIpc) is 1.45. The minimum absolute atomic E-state index is 0.106. The number of hydrogen-bond acceptors (Lipinski definition) is 15. The van der Waals surface area contributed by atoms with E-state index in [1.165, 1.54) is 218 Å². The van der Waals surface area contributed by atoms with Gasteiger partial charge in [-0.3, -0.25) is 37.3 Å². The topological polar surface area (TPSA) is 237 Å². The number of esters is 4. The number of phosphoric ester groups is 2. The van der Waals surface area contributed by atoms with Gasteiger partial charge in [0, 0.05) is 25.7 Å². The van der Waals surface area contributed by atoms with Gasteiger partial charge in [-0.05, 0) is 31.6 Å². The molecule has 0 heterocycles. The van der Waals surface area contributed by atoms with Gasteiger partial charge in [-0.2, -0.15) is 0 Å². The van der Waals surface area contributed by atoms with Gasteiger partial charge in [0.1, 0.15) is 19.3 Å². The third-order valence-electron chi connectivity index (χ3n) is 17.8. The Morgan fingerprint density at radius 1 is 0.284 bits per heavy atom. The first-order valence-electron chi connectivity index (χ1n) is 39.6. The zero-order valence-electron chi connectivity index (χ0n) is 61.8. The highest BCUT2D eigenvalue weighted by Crippen LogP contribution is 2.45. The maximum absolute atomic E-state index is 13.1. The largest absolute Gasteiger partial charge is 0.472 e. The standard InChI is InChI=1S/C76H148O17P2/c1-6-9-12-15-17-19-21-22-23-24-25-26-27-28-29-30-35-39-43-47-52-57-62-76(81)93-72(66-87-74(79)60-55-50-45-41-38-34-32-31-33-37-40-44-49-53-58-69(4)5)68-91-95(84,85)89-64-70(77)63-88-94(82,83)90-67-71(65-86-73(78)59-54-48-14-11-8-3)92-75(80)61-56-51-46-42-36-20-18-16-13-10-7-2/h69-72,77H,6-68H2,1-5H3,(H,82,83)(H,84,85)/t70-,71+,72+/m0/s1. The van der Waals surface area contributed by atoms with Crippen LogP contribution in [0.15, 0.2) is 0 Å². The molecule has 0 bridgehead atoms. The van der Waals surface area contributed by atoms with E-state index in [9.17, 15) is 43.2 Å². The van der Waals surface area contributed by atoms with Crippen LogP contribution < -0.4 is 0 Å². The van der Waals surface area contributed by atoms with Crippen LogP contribution in [0, 0.1) is 5.92 Å². The van der Waals surface area contributed by atoms with Crippen molar-refractivity contribution >= 4 is 39.5 Å². The zero-order chi connectivity index (χ0) is 69.8. The summed E-state index contributed by atoms with van der Waals surface area (Å²) in [4.78, 5) is 72.5. The first kappa shape index (κ1) is 93.1. The number of aliphatic hydroxyl groups excluding tert-OH is 1. The first-order chi connectivity index (χ1) is 46.0. The van der Waals surface area contributed by atoms with Crippen LogP contribution in [0.2, 0.25) is 0 Å². The fraction of sp³-hybridized carbons (Fsp3) is 0.947. The summed E-state index contributed by atoms with van der Waals surface area (Å²) in [7, 11) is -9.90. The van der Waals surface area contributed by atoms with E-state index in [0.29, 0.717) is 25.7 Å².